The minimum atomic E-state index is -4.44. The number of carbonyl (C=O) groups excluding carboxylic acids is 1. The number of nitrogens with one attached hydrogen (secondary N) is 1. The van der Waals surface area contributed by atoms with E-state index in [0.717, 1.165) is 17.7 Å². The summed E-state index contributed by atoms with van der Waals surface area (Å²) < 4.78 is 38.1. The van der Waals surface area contributed by atoms with E-state index in [2.05, 4.69) is 5.32 Å². The summed E-state index contributed by atoms with van der Waals surface area (Å²) in [6.07, 6.45) is -3.83. The third-order valence-electron chi connectivity index (χ3n) is 3.90. The van der Waals surface area contributed by atoms with Crippen molar-refractivity contribution < 1.29 is 18.0 Å². The Hall–Kier alpha value is -1.72. The molecule has 2 nitrogen and oxygen atoms in total. The van der Waals surface area contributed by atoms with Gasteiger partial charge in [-0.25, -0.2) is 0 Å². The van der Waals surface area contributed by atoms with E-state index in [1.807, 2.05) is 0 Å². The molecule has 0 aromatic heterocycles. The summed E-state index contributed by atoms with van der Waals surface area (Å²) in [5, 5.41) is 3.52. The Morgan fingerprint density at radius 1 is 1.08 bits per heavy atom. The van der Waals surface area contributed by atoms with E-state index in [9.17, 15) is 18.0 Å². The third kappa shape index (κ3) is 3.84. The molecule has 1 fully saturated rings. The highest BCUT2D eigenvalue weighted by Gasteiger charge is 2.44. The van der Waals surface area contributed by atoms with Crippen molar-refractivity contribution in [2.75, 3.05) is 5.32 Å². The summed E-state index contributed by atoms with van der Waals surface area (Å²) in [5.41, 5.74) is 0.190. The van der Waals surface area contributed by atoms with Gasteiger partial charge < -0.3 is 5.32 Å². The molecule has 1 amide bonds. The van der Waals surface area contributed by atoms with Crippen molar-refractivity contribution in [3.63, 3.8) is 0 Å². The SMILES string of the molecule is O=C(Nc1cccc(C(F)(F)F)c1)[C@@H]1C[C@@H]1c1cc(Cl)cc(Cl)c1. The molecule has 1 aliphatic rings. The summed E-state index contributed by atoms with van der Waals surface area (Å²) in [4.78, 5) is 12.2. The van der Waals surface area contributed by atoms with Crippen molar-refractivity contribution in [3.8, 4) is 0 Å². The predicted molar refractivity (Wildman–Crippen MR) is 87.4 cm³/mol. The lowest BCUT2D eigenvalue weighted by Crippen LogP contribution is -2.15. The van der Waals surface area contributed by atoms with Gasteiger partial charge in [-0.15, -0.1) is 0 Å². The molecule has 3 rings (SSSR count). The van der Waals surface area contributed by atoms with Gasteiger partial charge in [0.15, 0.2) is 0 Å². The zero-order valence-corrected chi connectivity index (χ0v) is 13.7. The number of halogens is 5. The Morgan fingerprint density at radius 3 is 2.38 bits per heavy atom. The lowest BCUT2D eigenvalue weighted by Gasteiger charge is -2.10. The minimum absolute atomic E-state index is 0.0213. The fourth-order valence-electron chi connectivity index (χ4n) is 2.65. The lowest BCUT2D eigenvalue weighted by atomic mass is 10.1. The van der Waals surface area contributed by atoms with Crippen molar-refractivity contribution in [1.29, 1.82) is 0 Å². The molecule has 126 valence electrons. The predicted octanol–water partition coefficient (Wildman–Crippen LogP) is 5.75. The van der Waals surface area contributed by atoms with E-state index >= 15 is 0 Å². The third-order valence-corrected chi connectivity index (χ3v) is 4.33. The Kier molecular flexibility index (Phi) is 4.49. The van der Waals surface area contributed by atoms with Crippen molar-refractivity contribution in [1.82, 2.24) is 0 Å². The molecule has 0 bridgehead atoms. The van der Waals surface area contributed by atoms with Gasteiger partial charge in [0.2, 0.25) is 5.91 Å². The number of hydrogen-bond acceptors (Lipinski definition) is 1. The van der Waals surface area contributed by atoms with Crippen molar-refractivity contribution in [3.05, 3.63) is 63.6 Å². The summed E-state index contributed by atoms with van der Waals surface area (Å²) in [5.74, 6) is -0.628. The van der Waals surface area contributed by atoms with Crippen LogP contribution < -0.4 is 5.32 Å². The number of hydrogen-bond donors (Lipinski definition) is 1. The Morgan fingerprint density at radius 2 is 1.75 bits per heavy atom. The summed E-state index contributed by atoms with van der Waals surface area (Å²) in [7, 11) is 0. The summed E-state index contributed by atoms with van der Waals surface area (Å²) in [6, 6.07) is 9.67. The first-order chi connectivity index (χ1) is 11.2. The van der Waals surface area contributed by atoms with E-state index in [4.69, 9.17) is 23.2 Å². The Labute approximate surface area is 146 Å². The molecule has 24 heavy (non-hydrogen) atoms. The highest BCUT2D eigenvalue weighted by atomic mass is 35.5. The van der Waals surface area contributed by atoms with Gasteiger partial charge >= 0.3 is 6.18 Å². The van der Waals surface area contributed by atoms with Crippen LogP contribution in [0.25, 0.3) is 0 Å². The van der Waals surface area contributed by atoms with Gasteiger partial charge in [-0.1, -0.05) is 29.3 Å². The van der Waals surface area contributed by atoms with Crippen LogP contribution in [0, 0.1) is 5.92 Å². The maximum absolute atomic E-state index is 12.7. The maximum atomic E-state index is 12.7. The topological polar surface area (TPSA) is 29.1 Å². The molecule has 0 unspecified atom stereocenters. The molecular weight excluding hydrogens is 362 g/mol. The van der Waals surface area contributed by atoms with Crippen LogP contribution in [-0.4, -0.2) is 5.91 Å². The van der Waals surface area contributed by atoms with Gasteiger partial charge in [-0.2, -0.15) is 13.2 Å². The zero-order chi connectivity index (χ0) is 17.5. The highest BCUT2D eigenvalue weighted by Crippen LogP contribution is 2.49. The first kappa shape index (κ1) is 17.1. The van der Waals surface area contributed by atoms with Crippen molar-refractivity contribution in [2.24, 2.45) is 5.92 Å². The molecule has 0 saturated heterocycles. The second-order valence-corrected chi connectivity index (χ2v) is 6.59. The molecule has 1 aliphatic carbocycles. The highest BCUT2D eigenvalue weighted by molar-refractivity contribution is 6.34. The van der Waals surface area contributed by atoms with Crippen LogP contribution in [0.3, 0.4) is 0 Å². The van der Waals surface area contributed by atoms with Crippen LogP contribution in [-0.2, 0) is 11.0 Å². The zero-order valence-electron chi connectivity index (χ0n) is 12.2. The van der Waals surface area contributed by atoms with Gasteiger partial charge in [0.25, 0.3) is 0 Å². The molecule has 2 atom stereocenters. The molecule has 2 aromatic carbocycles. The number of amides is 1. The second-order valence-electron chi connectivity index (χ2n) is 5.72. The monoisotopic (exact) mass is 373 g/mol. The fraction of sp³-hybridized carbons (Fsp3) is 0.235. The van der Waals surface area contributed by atoms with E-state index in [1.165, 1.54) is 12.1 Å². The van der Waals surface area contributed by atoms with Gasteiger partial charge in [0, 0.05) is 21.7 Å². The van der Waals surface area contributed by atoms with Crippen LogP contribution in [0.4, 0.5) is 18.9 Å². The fourth-order valence-corrected chi connectivity index (χ4v) is 3.19. The van der Waals surface area contributed by atoms with Gasteiger partial charge in [0.05, 0.1) is 5.56 Å². The van der Waals surface area contributed by atoms with Gasteiger partial charge in [0.1, 0.15) is 0 Å². The molecular formula is C17H12Cl2F3NO. The van der Waals surface area contributed by atoms with Gasteiger partial charge in [-0.05, 0) is 54.3 Å². The van der Waals surface area contributed by atoms with Crippen LogP contribution in [0.1, 0.15) is 23.5 Å². The summed E-state index contributed by atoms with van der Waals surface area (Å²) >= 11 is 11.9. The Balaban J connectivity index is 1.69. The number of alkyl halides is 3. The number of rotatable bonds is 3. The quantitative estimate of drug-likeness (QED) is 0.728. The van der Waals surface area contributed by atoms with E-state index in [0.29, 0.717) is 16.5 Å². The first-order valence-electron chi connectivity index (χ1n) is 7.18. The first-order valence-corrected chi connectivity index (χ1v) is 7.94. The number of anilines is 1. The molecule has 0 heterocycles. The summed E-state index contributed by atoms with van der Waals surface area (Å²) in [6.45, 7) is 0. The molecule has 1 saturated carbocycles. The molecule has 7 heteroatoms. The lowest BCUT2D eigenvalue weighted by molar-refractivity contribution is -0.137. The van der Waals surface area contributed by atoms with Crippen LogP contribution >= 0.6 is 23.2 Å². The van der Waals surface area contributed by atoms with Gasteiger partial charge in [-0.3, -0.25) is 4.79 Å². The standard InChI is InChI=1S/C17H12Cl2F3NO/c18-11-4-9(5-12(19)7-11)14-8-15(14)16(24)23-13-3-1-2-10(6-13)17(20,21)22/h1-7,14-15H,8H2,(H,23,24)/t14-,15-/m1/s1. The van der Waals surface area contributed by atoms with Crippen LogP contribution in [0.2, 0.25) is 10.0 Å². The smallest absolute Gasteiger partial charge is 0.326 e. The van der Waals surface area contributed by atoms with Crippen LogP contribution in [0.5, 0.6) is 0 Å². The van der Waals surface area contributed by atoms with E-state index in [-0.39, 0.29) is 23.4 Å². The average Bonchev–Trinajstić information content (AvgIpc) is 3.26. The number of carbonyl (C=O) groups is 1. The van der Waals surface area contributed by atoms with Crippen LogP contribution in [0.15, 0.2) is 42.5 Å². The largest absolute Gasteiger partial charge is 0.416 e. The van der Waals surface area contributed by atoms with Crippen molar-refractivity contribution >= 4 is 34.8 Å². The average molecular weight is 374 g/mol. The number of benzene rings is 2. The molecule has 0 radical (unpaired) electrons. The second kappa shape index (κ2) is 6.30. The molecule has 2 aromatic rings. The molecule has 0 spiro atoms. The van der Waals surface area contributed by atoms with E-state index < -0.39 is 11.7 Å². The van der Waals surface area contributed by atoms with Crippen molar-refractivity contribution in [2.45, 2.75) is 18.5 Å². The molecule has 1 N–H and O–H groups in total. The maximum Gasteiger partial charge on any atom is 0.416 e. The minimum Gasteiger partial charge on any atom is -0.326 e. The normalized spacial score (nSPS) is 19.9. The molecule has 0 aliphatic heterocycles. The van der Waals surface area contributed by atoms with E-state index in [1.54, 1.807) is 18.2 Å². The Bertz CT molecular complexity index is 771.